The first-order valence-electron chi connectivity index (χ1n) is 9.05. The summed E-state index contributed by atoms with van der Waals surface area (Å²) in [5.74, 6) is 0.394. The van der Waals surface area contributed by atoms with Gasteiger partial charge in [-0.2, -0.15) is 0 Å². The maximum atomic E-state index is 12.4. The second kappa shape index (κ2) is 9.16. The molecule has 2 rings (SSSR count). The SMILES string of the molecule is CC(C)c1ccc([C@@H](NC(=O)COc2ccccc2[N+](=O)[O-])C(C)C)cc1. The van der Waals surface area contributed by atoms with Crippen LogP contribution in [-0.4, -0.2) is 17.4 Å². The monoisotopic (exact) mass is 370 g/mol. The molecule has 0 radical (unpaired) electrons. The van der Waals surface area contributed by atoms with Crippen molar-refractivity contribution < 1.29 is 14.5 Å². The minimum atomic E-state index is -0.527. The molecule has 1 atom stereocenters. The molecule has 0 bridgehead atoms. The van der Waals surface area contributed by atoms with Crippen molar-refractivity contribution in [3.63, 3.8) is 0 Å². The summed E-state index contributed by atoms with van der Waals surface area (Å²) >= 11 is 0. The summed E-state index contributed by atoms with van der Waals surface area (Å²) in [6.45, 7) is 8.06. The van der Waals surface area contributed by atoms with E-state index in [0.29, 0.717) is 5.92 Å². The number of nitro benzene ring substituents is 1. The van der Waals surface area contributed by atoms with Crippen LogP contribution in [0.25, 0.3) is 0 Å². The average Bonchev–Trinajstić information content (AvgIpc) is 2.64. The molecule has 0 aliphatic carbocycles. The third kappa shape index (κ3) is 5.54. The smallest absolute Gasteiger partial charge is 0.310 e. The number of carbonyl (C=O) groups excluding carboxylic acids is 1. The van der Waals surface area contributed by atoms with E-state index in [1.807, 2.05) is 26.0 Å². The number of benzene rings is 2. The molecule has 1 N–H and O–H groups in total. The van der Waals surface area contributed by atoms with Gasteiger partial charge < -0.3 is 10.1 Å². The van der Waals surface area contributed by atoms with Gasteiger partial charge in [0.1, 0.15) is 0 Å². The fraction of sp³-hybridized carbons (Fsp3) is 0.381. The van der Waals surface area contributed by atoms with Gasteiger partial charge in [-0.05, 0) is 29.0 Å². The van der Waals surface area contributed by atoms with Gasteiger partial charge in [0.25, 0.3) is 5.91 Å². The van der Waals surface area contributed by atoms with Gasteiger partial charge in [-0.3, -0.25) is 14.9 Å². The fourth-order valence-electron chi connectivity index (χ4n) is 2.81. The van der Waals surface area contributed by atoms with Gasteiger partial charge in [-0.25, -0.2) is 0 Å². The zero-order chi connectivity index (χ0) is 20.0. The number of hydrogen-bond acceptors (Lipinski definition) is 4. The summed E-state index contributed by atoms with van der Waals surface area (Å²) in [6, 6.07) is 14.1. The number of nitro groups is 1. The molecule has 0 saturated carbocycles. The molecule has 0 saturated heterocycles. The van der Waals surface area contributed by atoms with Gasteiger partial charge in [-0.15, -0.1) is 0 Å². The molecule has 144 valence electrons. The normalized spacial score (nSPS) is 12.1. The van der Waals surface area contributed by atoms with E-state index in [9.17, 15) is 14.9 Å². The van der Waals surface area contributed by atoms with Crippen molar-refractivity contribution in [1.29, 1.82) is 0 Å². The van der Waals surface area contributed by atoms with Crippen molar-refractivity contribution in [2.45, 2.75) is 39.7 Å². The Morgan fingerprint density at radius 3 is 2.19 bits per heavy atom. The van der Waals surface area contributed by atoms with Crippen LogP contribution in [-0.2, 0) is 4.79 Å². The summed E-state index contributed by atoms with van der Waals surface area (Å²) in [5.41, 5.74) is 2.11. The number of amides is 1. The molecular formula is C21H26N2O4. The number of ether oxygens (including phenoxy) is 1. The predicted molar refractivity (Wildman–Crippen MR) is 105 cm³/mol. The lowest BCUT2D eigenvalue weighted by Gasteiger charge is -2.23. The first-order valence-corrected chi connectivity index (χ1v) is 9.05. The zero-order valence-electron chi connectivity index (χ0n) is 16.1. The Labute approximate surface area is 159 Å². The molecule has 2 aromatic carbocycles. The van der Waals surface area contributed by atoms with Crippen LogP contribution >= 0.6 is 0 Å². The van der Waals surface area contributed by atoms with Crippen LogP contribution in [0, 0.1) is 16.0 Å². The van der Waals surface area contributed by atoms with Crippen LogP contribution in [0.15, 0.2) is 48.5 Å². The van der Waals surface area contributed by atoms with E-state index in [1.165, 1.54) is 17.7 Å². The van der Waals surface area contributed by atoms with E-state index in [-0.39, 0.29) is 35.9 Å². The third-order valence-electron chi connectivity index (χ3n) is 4.37. The zero-order valence-corrected chi connectivity index (χ0v) is 16.1. The highest BCUT2D eigenvalue weighted by Crippen LogP contribution is 2.26. The molecule has 0 aliphatic heterocycles. The van der Waals surface area contributed by atoms with Gasteiger partial charge >= 0.3 is 5.69 Å². The summed E-state index contributed by atoms with van der Waals surface area (Å²) in [5, 5.41) is 14.0. The molecule has 1 amide bonds. The van der Waals surface area contributed by atoms with Crippen LogP contribution in [0.1, 0.15) is 50.8 Å². The molecule has 0 unspecified atom stereocenters. The number of nitrogens with zero attached hydrogens (tertiary/aromatic N) is 1. The Kier molecular flexibility index (Phi) is 6.93. The Balaban J connectivity index is 2.04. The van der Waals surface area contributed by atoms with E-state index in [1.54, 1.807) is 12.1 Å². The Bertz CT molecular complexity index is 785. The summed E-state index contributed by atoms with van der Waals surface area (Å²) < 4.78 is 5.37. The summed E-state index contributed by atoms with van der Waals surface area (Å²) in [6.07, 6.45) is 0. The van der Waals surface area contributed by atoms with Crippen molar-refractivity contribution >= 4 is 11.6 Å². The minimum Gasteiger partial charge on any atom is -0.477 e. The number of nitrogens with one attached hydrogen (secondary N) is 1. The maximum absolute atomic E-state index is 12.4. The fourth-order valence-corrected chi connectivity index (χ4v) is 2.81. The van der Waals surface area contributed by atoms with Crippen molar-refractivity contribution in [2.75, 3.05) is 6.61 Å². The first-order chi connectivity index (χ1) is 12.8. The standard InChI is InChI=1S/C21H26N2O4/c1-14(2)16-9-11-17(12-10-16)21(15(3)4)22-20(24)13-27-19-8-6-5-7-18(19)23(25)26/h5-12,14-15,21H,13H2,1-4H3,(H,22,24)/t21-/m0/s1. The van der Waals surface area contributed by atoms with Gasteiger partial charge in [0.2, 0.25) is 0 Å². The Morgan fingerprint density at radius 2 is 1.63 bits per heavy atom. The highest BCUT2D eigenvalue weighted by molar-refractivity contribution is 5.78. The largest absolute Gasteiger partial charge is 0.477 e. The number of hydrogen-bond donors (Lipinski definition) is 1. The van der Waals surface area contributed by atoms with Gasteiger partial charge in [0.05, 0.1) is 11.0 Å². The summed E-state index contributed by atoms with van der Waals surface area (Å²) in [7, 11) is 0. The first kappa shape index (κ1) is 20.4. The van der Waals surface area contributed by atoms with E-state index in [2.05, 4.69) is 31.3 Å². The van der Waals surface area contributed by atoms with Crippen molar-refractivity contribution in [2.24, 2.45) is 5.92 Å². The Hall–Kier alpha value is -2.89. The number of carbonyl (C=O) groups is 1. The minimum absolute atomic E-state index is 0.0834. The molecule has 0 aliphatic rings. The molecule has 0 aromatic heterocycles. The van der Waals surface area contributed by atoms with Crippen LogP contribution in [0.2, 0.25) is 0 Å². The molecule has 6 heteroatoms. The van der Waals surface area contributed by atoms with Crippen LogP contribution < -0.4 is 10.1 Å². The number of para-hydroxylation sites is 2. The highest BCUT2D eigenvalue weighted by atomic mass is 16.6. The van der Waals surface area contributed by atoms with Gasteiger partial charge in [-0.1, -0.05) is 64.1 Å². The van der Waals surface area contributed by atoms with Gasteiger partial charge in [0, 0.05) is 6.07 Å². The van der Waals surface area contributed by atoms with E-state index >= 15 is 0 Å². The van der Waals surface area contributed by atoms with Crippen molar-refractivity contribution in [1.82, 2.24) is 5.32 Å². The number of rotatable bonds is 8. The highest BCUT2D eigenvalue weighted by Gasteiger charge is 2.20. The van der Waals surface area contributed by atoms with E-state index in [0.717, 1.165) is 5.56 Å². The van der Waals surface area contributed by atoms with Gasteiger partial charge in [0.15, 0.2) is 12.4 Å². The van der Waals surface area contributed by atoms with Crippen LogP contribution in [0.3, 0.4) is 0 Å². The van der Waals surface area contributed by atoms with Crippen LogP contribution in [0.4, 0.5) is 5.69 Å². The molecule has 6 nitrogen and oxygen atoms in total. The molecule has 2 aromatic rings. The van der Waals surface area contributed by atoms with Crippen molar-refractivity contribution in [3.05, 3.63) is 69.8 Å². The lowest BCUT2D eigenvalue weighted by atomic mass is 9.93. The van der Waals surface area contributed by atoms with E-state index in [4.69, 9.17) is 4.74 Å². The van der Waals surface area contributed by atoms with E-state index < -0.39 is 4.92 Å². The molecule has 27 heavy (non-hydrogen) atoms. The molecule has 0 heterocycles. The lowest BCUT2D eigenvalue weighted by molar-refractivity contribution is -0.385. The second-order valence-corrected chi connectivity index (χ2v) is 7.12. The lowest BCUT2D eigenvalue weighted by Crippen LogP contribution is -2.35. The topological polar surface area (TPSA) is 81.5 Å². The predicted octanol–water partition coefficient (Wildman–Crippen LogP) is 4.61. The average molecular weight is 370 g/mol. The molecule has 0 spiro atoms. The van der Waals surface area contributed by atoms with Crippen LogP contribution in [0.5, 0.6) is 5.75 Å². The quantitative estimate of drug-likeness (QED) is 0.543. The third-order valence-corrected chi connectivity index (χ3v) is 4.37. The molecular weight excluding hydrogens is 344 g/mol. The maximum Gasteiger partial charge on any atom is 0.310 e. The Morgan fingerprint density at radius 1 is 1.04 bits per heavy atom. The van der Waals surface area contributed by atoms with Crippen molar-refractivity contribution in [3.8, 4) is 5.75 Å². The molecule has 0 fully saturated rings. The summed E-state index contributed by atoms with van der Waals surface area (Å²) in [4.78, 5) is 22.8. The second-order valence-electron chi connectivity index (χ2n) is 7.12.